The van der Waals surface area contributed by atoms with Gasteiger partial charge in [0.1, 0.15) is 0 Å². The Bertz CT molecular complexity index is 413. The lowest BCUT2D eigenvalue weighted by atomic mass is 9.83. The molecule has 1 aliphatic rings. The largest absolute Gasteiger partial charge is 0.379 e. The summed E-state index contributed by atoms with van der Waals surface area (Å²) >= 11 is 0. The number of nitrogens with zero attached hydrogens (tertiary/aromatic N) is 2. The van der Waals surface area contributed by atoms with Crippen molar-refractivity contribution in [2.75, 3.05) is 5.32 Å². The van der Waals surface area contributed by atoms with Gasteiger partial charge in [-0.05, 0) is 41.2 Å². The lowest BCUT2D eigenvalue weighted by Crippen LogP contribution is -2.30. The molecule has 1 unspecified atom stereocenters. The predicted octanol–water partition coefficient (Wildman–Crippen LogP) is 3.76. The predicted molar refractivity (Wildman–Crippen MR) is 75.2 cm³/mol. The number of hydrogen-bond acceptors (Lipinski definition) is 4. The Hall–Kier alpha value is -1.65. The van der Waals surface area contributed by atoms with E-state index in [2.05, 4.69) is 17.2 Å². The van der Waals surface area contributed by atoms with E-state index < -0.39 is 4.92 Å². The molecule has 0 spiro atoms. The summed E-state index contributed by atoms with van der Waals surface area (Å²) in [6.45, 7) is 2.19. The maximum absolute atomic E-state index is 10.6. The normalized spacial score (nSPS) is 17.9. The van der Waals surface area contributed by atoms with Crippen molar-refractivity contribution in [2.24, 2.45) is 5.92 Å². The van der Waals surface area contributed by atoms with Crippen molar-refractivity contribution in [1.29, 1.82) is 0 Å². The van der Waals surface area contributed by atoms with Crippen LogP contribution in [-0.2, 0) is 0 Å². The Morgan fingerprint density at radius 1 is 1.42 bits per heavy atom. The molecular formula is C14H21N3O2. The maximum atomic E-state index is 10.6. The Morgan fingerprint density at radius 2 is 2.16 bits per heavy atom. The Balaban J connectivity index is 1.99. The fourth-order valence-electron chi connectivity index (χ4n) is 2.88. The van der Waals surface area contributed by atoms with Gasteiger partial charge in [-0.15, -0.1) is 0 Å². The minimum Gasteiger partial charge on any atom is -0.379 e. The first-order valence-electron chi connectivity index (χ1n) is 7.07. The molecule has 1 aliphatic carbocycles. The van der Waals surface area contributed by atoms with E-state index in [1.54, 1.807) is 12.3 Å². The van der Waals surface area contributed by atoms with E-state index in [4.69, 9.17) is 0 Å². The number of pyridine rings is 1. The maximum Gasteiger partial charge on any atom is 0.363 e. The molecule has 1 aromatic heterocycles. The summed E-state index contributed by atoms with van der Waals surface area (Å²) in [6.07, 6.45) is 9.19. The van der Waals surface area contributed by atoms with E-state index in [9.17, 15) is 10.1 Å². The number of hydrogen-bond donors (Lipinski definition) is 1. The summed E-state index contributed by atoms with van der Waals surface area (Å²) in [5.74, 6) is 0.616. The van der Waals surface area contributed by atoms with Crippen molar-refractivity contribution in [3.05, 3.63) is 28.4 Å². The summed E-state index contributed by atoms with van der Waals surface area (Å²) in [7, 11) is 0. The summed E-state index contributed by atoms with van der Waals surface area (Å²) in [6, 6.07) is 3.65. The van der Waals surface area contributed by atoms with Gasteiger partial charge in [0, 0.05) is 12.1 Å². The van der Waals surface area contributed by atoms with Crippen LogP contribution in [0.4, 0.5) is 11.5 Å². The van der Waals surface area contributed by atoms with Crippen LogP contribution in [0.25, 0.3) is 0 Å². The molecule has 1 heterocycles. The molecule has 19 heavy (non-hydrogen) atoms. The van der Waals surface area contributed by atoms with Crippen LogP contribution in [0.2, 0.25) is 0 Å². The zero-order valence-electron chi connectivity index (χ0n) is 11.3. The number of aromatic nitrogens is 1. The van der Waals surface area contributed by atoms with E-state index in [0.717, 1.165) is 12.1 Å². The first kappa shape index (κ1) is 13.8. The van der Waals surface area contributed by atoms with Crippen molar-refractivity contribution < 1.29 is 4.92 Å². The minimum absolute atomic E-state index is 0.101. The molecule has 5 heteroatoms. The molecule has 1 N–H and O–H groups in total. The van der Waals surface area contributed by atoms with Crippen LogP contribution in [0.15, 0.2) is 18.3 Å². The van der Waals surface area contributed by atoms with E-state index in [-0.39, 0.29) is 5.82 Å². The van der Waals surface area contributed by atoms with Gasteiger partial charge in [-0.2, -0.15) is 0 Å². The number of nitro groups is 1. The van der Waals surface area contributed by atoms with Gasteiger partial charge >= 0.3 is 5.82 Å². The molecule has 0 amide bonds. The summed E-state index contributed by atoms with van der Waals surface area (Å²) in [4.78, 5) is 13.9. The van der Waals surface area contributed by atoms with Crippen LogP contribution < -0.4 is 5.32 Å². The van der Waals surface area contributed by atoms with Crippen LogP contribution in [0.3, 0.4) is 0 Å². The summed E-state index contributed by atoms with van der Waals surface area (Å²) < 4.78 is 0. The molecule has 5 nitrogen and oxygen atoms in total. The molecule has 1 atom stereocenters. The molecule has 0 saturated heterocycles. The van der Waals surface area contributed by atoms with E-state index in [1.165, 1.54) is 38.2 Å². The highest BCUT2D eigenvalue weighted by Gasteiger charge is 2.22. The van der Waals surface area contributed by atoms with Crippen molar-refractivity contribution in [3.8, 4) is 0 Å². The zero-order valence-corrected chi connectivity index (χ0v) is 11.3. The number of nitrogens with one attached hydrogen (secondary N) is 1. The molecule has 0 radical (unpaired) electrons. The van der Waals surface area contributed by atoms with Crippen molar-refractivity contribution in [2.45, 2.75) is 51.5 Å². The molecule has 1 saturated carbocycles. The lowest BCUT2D eigenvalue weighted by Gasteiger charge is -2.30. The molecule has 2 rings (SSSR count). The van der Waals surface area contributed by atoms with Gasteiger partial charge in [-0.3, -0.25) is 0 Å². The van der Waals surface area contributed by atoms with Gasteiger partial charge in [-0.25, -0.2) is 0 Å². The molecule has 0 aliphatic heterocycles. The third-order valence-electron chi connectivity index (χ3n) is 3.95. The highest BCUT2D eigenvalue weighted by molar-refractivity contribution is 5.44. The second-order valence-corrected chi connectivity index (χ2v) is 5.22. The Kier molecular flexibility index (Phi) is 4.71. The van der Waals surface area contributed by atoms with Crippen LogP contribution in [0.1, 0.15) is 45.4 Å². The van der Waals surface area contributed by atoms with Crippen molar-refractivity contribution in [1.82, 2.24) is 4.98 Å². The molecule has 1 fully saturated rings. The van der Waals surface area contributed by atoms with Crippen LogP contribution in [0, 0.1) is 16.0 Å². The van der Waals surface area contributed by atoms with Crippen molar-refractivity contribution in [3.63, 3.8) is 0 Å². The Labute approximate surface area is 113 Å². The van der Waals surface area contributed by atoms with Gasteiger partial charge in [0.2, 0.25) is 0 Å². The minimum atomic E-state index is -0.470. The van der Waals surface area contributed by atoms with Gasteiger partial charge in [-0.1, -0.05) is 26.2 Å². The smallest absolute Gasteiger partial charge is 0.363 e. The molecule has 1 aromatic rings. The lowest BCUT2D eigenvalue weighted by molar-refractivity contribution is -0.389. The van der Waals surface area contributed by atoms with E-state index >= 15 is 0 Å². The van der Waals surface area contributed by atoms with E-state index in [0.29, 0.717) is 12.0 Å². The average molecular weight is 263 g/mol. The SMILES string of the molecule is CCC(Nc1ccc([N+](=O)[O-])nc1)C1CCCCC1. The van der Waals surface area contributed by atoms with Gasteiger partial charge in [0.25, 0.3) is 0 Å². The van der Waals surface area contributed by atoms with Gasteiger partial charge in [0.05, 0.1) is 5.69 Å². The standard InChI is InChI=1S/C14H21N3O2/c1-2-13(11-6-4-3-5-7-11)16-12-8-9-14(15-10-12)17(18)19/h8-11,13,16H,2-7H2,1H3. The monoisotopic (exact) mass is 263 g/mol. The van der Waals surface area contributed by atoms with Crippen LogP contribution >= 0.6 is 0 Å². The van der Waals surface area contributed by atoms with Gasteiger partial charge in [0.15, 0.2) is 6.20 Å². The summed E-state index contributed by atoms with van der Waals surface area (Å²) in [5, 5.41) is 14.0. The highest BCUT2D eigenvalue weighted by Crippen LogP contribution is 2.29. The fraction of sp³-hybridized carbons (Fsp3) is 0.643. The number of anilines is 1. The quantitative estimate of drug-likeness (QED) is 0.648. The molecule has 0 bridgehead atoms. The first-order valence-corrected chi connectivity index (χ1v) is 7.07. The highest BCUT2D eigenvalue weighted by atomic mass is 16.6. The second-order valence-electron chi connectivity index (χ2n) is 5.22. The van der Waals surface area contributed by atoms with E-state index in [1.807, 2.05) is 0 Å². The molecule has 104 valence electrons. The first-order chi connectivity index (χ1) is 9.20. The van der Waals surface area contributed by atoms with Gasteiger partial charge < -0.3 is 15.4 Å². The molecule has 0 aromatic carbocycles. The number of rotatable bonds is 5. The van der Waals surface area contributed by atoms with Crippen LogP contribution in [0.5, 0.6) is 0 Å². The fourth-order valence-corrected chi connectivity index (χ4v) is 2.88. The summed E-state index contributed by atoms with van der Waals surface area (Å²) in [5.41, 5.74) is 0.878. The average Bonchev–Trinajstić information content (AvgIpc) is 2.46. The van der Waals surface area contributed by atoms with Crippen LogP contribution in [-0.4, -0.2) is 15.9 Å². The Morgan fingerprint density at radius 3 is 2.68 bits per heavy atom. The second kappa shape index (κ2) is 6.50. The third-order valence-corrected chi connectivity index (χ3v) is 3.95. The topological polar surface area (TPSA) is 68.1 Å². The zero-order chi connectivity index (χ0) is 13.7. The third kappa shape index (κ3) is 3.66. The molecular weight excluding hydrogens is 242 g/mol. The van der Waals surface area contributed by atoms with Crippen molar-refractivity contribution >= 4 is 11.5 Å².